The summed E-state index contributed by atoms with van der Waals surface area (Å²) >= 11 is 0. The van der Waals surface area contributed by atoms with Crippen LogP contribution in [-0.4, -0.2) is 35.1 Å². The first kappa shape index (κ1) is 16.0. The minimum atomic E-state index is -0.155. The lowest BCUT2D eigenvalue weighted by atomic mass is 10.0. The van der Waals surface area contributed by atoms with Gasteiger partial charge in [-0.15, -0.1) is 0 Å². The van der Waals surface area contributed by atoms with Crippen LogP contribution in [0.2, 0.25) is 0 Å². The highest BCUT2D eigenvalue weighted by molar-refractivity contribution is 6.07. The highest BCUT2D eigenvalue weighted by atomic mass is 16.5. The molecular formula is C16H21N3O3. The van der Waals surface area contributed by atoms with Gasteiger partial charge in [0.1, 0.15) is 18.0 Å². The highest BCUT2D eigenvalue weighted by Crippen LogP contribution is 2.25. The number of methoxy groups -OCH3 is 1. The van der Waals surface area contributed by atoms with Crippen LogP contribution in [0.1, 0.15) is 31.3 Å². The van der Waals surface area contributed by atoms with Crippen LogP contribution in [-0.2, 0) is 11.3 Å². The van der Waals surface area contributed by atoms with Crippen LogP contribution in [0.15, 0.2) is 18.2 Å². The van der Waals surface area contributed by atoms with Crippen LogP contribution in [0, 0.1) is 5.92 Å². The topological polar surface area (TPSA) is 73.2 Å². The second-order valence-electron chi connectivity index (χ2n) is 5.36. The maximum absolute atomic E-state index is 12.3. The third-order valence-electron chi connectivity index (χ3n) is 3.38. The molecule has 1 aromatic carbocycles. The smallest absolute Gasteiger partial charge is 0.241 e. The average molecular weight is 303 g/mol. The molecule has 1 aromatic heterocycles. The molecule has 0 unspecified atom stereocenters. The minimum Gasteiger partial charge on any atom is -0.497 e. The summed E-state index contributed by atoms with van der Waals surface area (Å²) in [6.07, 6.45) is 0. The number of likely N-dealkylation sites (N-methyl/N-ethyl adjacent to an activating group) is 1. The Morgan fingerprint density at radius 2 is 2.09 bits per heavy atom. The molecule has 22 heavy (non-hydrogen) atoms. The summed E-state index contributed by atoms with van der Waals surface area (Å²) in [6.45, 7) is 6.15. The number of benzene rings is 1. The van der Waals surface area contributed by atoms with Gasteiger partial charge >= 0.3 is 0 Å². The molecule has 1 N–H and O–H groups in total. The summed E-state index contributed by atoms with van der Waals surface area (Å²) in [5, 5.41) is 7.83. The zero-order valence-electron chi connectivity index (χ0n) is 13.3. The SMILES string of the molecule is CCNC(=O)Cn1nc(C(=O)C(C)C)c2ccc(OC)cc21. The molecule has 6 nitrogen and oxygen atoms in total. The molecule has 0 aliphatic heterocycles. The van der Waals surface area contributed by atoms with Crippen LogP contribution in [0.5, 0.6) is 5.75 Å². The van der Waals surface area contributed by atoms with Crippen LogP contribution < -0.4 is 10.1 Å². The molecule has 0 saturated carbocycles. The highest BCUT2D eigenvalue weighted by Gasteiger charge is 2.21. The molecule has 6 heteroatoms. The van der Waals surface area contributed by atoms with Gasteiger partial charge in [-0.1, -0.05) is 13.8 Å². The van der Waals surface area contributed by atoms with Crippen molar-refractivity contribution in [2.75, 3.05) is 13.7 Å². The van der Waals surface area contributed by atoms with Gasteiger partial charge in [-0.05, 0) is 19.1 Å². The van der Waals surface area contributed by atoms with Crippen molar-refractivity contribution < 1.29 is 14.3 Å². The number of nitrogens with zero attached hydrogens (tertiary/aromatic N) is 2. The van der Waals surface area contributed by atoms with E-state index in [1.165, 1.54) is 0 Å². The third-order valence-corrected chi connectivity index (χ3v) is 3.38. The summed E-state index contributed by atoms with van der Waals surface area (Å²) in [5.74, 6) is 0.328. The van der Waals surface area contributed by atoms with Crippen molar-refractivity contribution in [1.82, 2.24) is 15.1 Å². The number of Topliss-reactive ketones (excluding diaryl/α,β-unsaturated/α-hetero) is 1. The van der Waals surface area contributed by atoms with Gasteiger partial charge in [0.05, 0.1) is 12.6 Å². The van der Waals surface area contributed by atoms with Crippen molar-refractivity contribution >= 4 is 22.6 Å². The molecule has 0 atom stereocenters. The fourth-order valence-electron chi connectivity index (χ4n) is 2.25. The molecule has 0 saturated heterocycles. The number of amides is 1. The summed E-state index contributed by atoms with van der Waals surface area (Å²) in [5.41, 5.74) is 1.12. The molecule has 0 fully saturated rings. The van der Waals surface area contributed by atoms with E-state index in [-0.39, 0.29) is 24.2 Å². The summed E-state index contributed by atoms with van der Waals surface area (Å²) < 4.78 is 6.77. The third kappa shape index (κ3) is 3.10. The van der Waals surface area contributed by atoms with E-state index in [2.05, 4.69) is 10.4 Å². The van der Waals surface area contributed by atoms with Crippen LogP contribution >= 0.6 is 0 Å². The Labute approximate surface area is 129 Å². The number of ether oxygens (including phenoxy) is 1. The van der Waals surface area contributed by atoms with E-state index in [0.29, 0.717) is 18.0 Å². The van der Waals surface area contributed by atoms with Crippen LogP contribution in [0.4, 0.5) is 0 Å². The number of nitrogens with one attached hydrogen (secondary N) is 1. The second-order valence-corrected chi connectivity index (χ2v) is 5.36. The zero-order valence-corrected chi connectivity index (χ0v) is 13.3. The molecular weight excluding hydrogens is 282 g/mol. The van der Waals surface area contributed by atoms with Gasteiger partial charge in [0.25, 0.3) is 0 Å². The summed E-state index contributed by atoms with van der Waals surface area (Å²) in [7, 11) is 1.58. The van der Waals surface area contributed by atoms with Gasteiger partial charge in [0, 0.05) is 23.9 Å². The van der Waals surface area contributed by atoms with Crippen molar-refractivity contribution in [1.29, 1.82) is 0 Å². The van der Waals surface area contributed by atoms with Gasteiger partial charge in [0.2, 0.25) is 5.91 Å². The van der Waals surface area contributed by atoms with E-state index in [1.807, 2.05) is 26.8 Å². The molecule has 0 spiro atoms. The van der Waals surface area contributed by atoms with E-state index in [0.717, 1.165) is 10.9 Å². The Morgan fingerprint density at radius 1 is 1.36 bits per heavy atom. The molecule has 1 heterocycles. The number of rotatable bonds is 6. The first-order valence-electron chi connectivity index (χ1n) is 7.33. The fourth-order valence-corrected chi connectivity index (χ4v) is 2.25. The van der Waals surface area contributed by atoms with Crippen LogP contribution in [0.25, 0.3) is 10.9 Å². The lowest BCUT2D eigenvalue weighted by Gasteiger charge is -2.05. The monoisotopic (exact) mass is 303 g/mol. The molecule has 0 bridgehead atoms. The van der Waals surface area contributed by atoms with Gasteiger partial charge in [-0.2, -0.15) is 5.10 Å². The van der Waals surface area contributed by atoms with Crippen molar-refractivity contribution in [3.05, 3.63) is 23.9 Å². The number of hydrogen-bond acceptors (Lipinski definition) is 4. The number of aromatic nitrogens is 2. The minimum absolute atomic E-state index is 0.0372. The maximum Gasteiger partial charge on any atom is 0.241 e. The Morgan fingerprint density at radius 3 is 2.68 bits per heavy atom. The maximum atomic E-state index is 12.3. The first-order chi connectivity index (χ1) is 10.5. The Hall–Kier alpha value is -2.37. The van der Waals surface area contributed by atoms with Crippen molar-refractivity contribution in [2.24, 2.45) is 5.92 Å². The molecule has 0 aliphatic carbocycles. The van der Waals surface area contributed by atoms with E-state index in [4.69, 9.17) is 4.74 Å². The second kappa shape index (κ2) is 6.60. The number of carbonyl (C=O) groups excluding carboxylic acids is 2. The Kier molecular flexibility index (Phi) is 4.80. The van der Waals surface area contributed by atoms with E-state index >= 15 is 0 Å². The molecule has 118 valence electrons. The van der Waals surface area contributed by atoms with Gasteiger partial charge in [-0.3, -0.25) is 14.3 Å². The van der Waals surface area contributed by atoms with E-state index in [1.54, 1.807) is 23.9 Å². The predicted octanol–water partition coefficient (Wildman–Crippen LogP) is 2.02. The lowest BCUT2D eigenvalue weighted by molar-refractivity contribution is -0.121. The van der Waals surface area contributed by atoms with Crippen molar-refractivity contribution in [3.63, 3.8) is 0 Å². The van der Waals surface area contributed by atoms with Crippen LogP contribution in [0.3, 0.4) is 0 Å². The quantitative estimate of drug-likeness (QED) is 0.829. The molecule has 0 aliphatic rings. The Bertz CT molecular complexity index is 704. The number of fused-ring (bicyclic) bond motifs is 1. The van der Waals surface area contributed by atoms with Crippen molar-refractivity contribution in [3.8, 4) is 5.75 Å². The lowest BCUT2D eigenvalue weighted by Crippen LogP contribution is -2.27. The predicted molar refractivity (Wildman–Crippen MR) is 84.1 cm³/mol. The van der Waals surface area contributed by atoms with E-state index < -0.39 is 0 Å². The summed E-state index contributed by atoms with van der Waals surface area (Å²) in [4.78, 5) is 24.2. The van der Waals surface area contributed by atoms with Gasteiger partial charge < -0.3 is 10.1 Å². The first-order valence-corrected chi connectivity index (χ1v) is 7.33. The molecule has 1 amide bonds. The summed E-state index contributed by atoms with van der Waals surface area (Å²) in [6, 6.07) is 5.39. The van der Waals surface area contributed by atoms with Gasteiger partial charge in [-0.25, -0.2) is 0 Å². The molecule has 2 aromatic rings. The average Bonchev–Trinajstić information content (AvgIpc) is 2.84. The normalized spacial score (nSPS) is 11.0. The number of carbonyl (C=O) groups is 2. The largest absolute Gasteiger partial charge is 0.497 e. The van der Waals surface area contributed by atoms with Gasteiger partial charge in [0.15, 0.2) is 5.78 Å². The number of ketones is 1. The fraction of sp³-hybridized carbons (Fsp3) is 0.438. The molecule has 0 radical (unpaired) electrons. The Balaban J connectivity index is 2.53. The zero-order chi connectivity index (χ0) is 16.3. The molecule has 2 rings (SSSR count). The van der Waals surface area contributed by atoms with E-state index in [9.17, 15) is 9.59 Å². The standard InChI is InChI=1S/C16H21N3O3/c1-5-17-14(20)9-19-13-8-11(22-4)6-7-12(13)15(18-19)16(21)10(2)3/h6-8,10H,5,9H2,1-4H3,(H,17,20). The van der Waals surface area contributed by atoms with Crippen molar-refractivity contribution in [2.45, 2.75) is 27.3 Å². The number of hydrogen-bond donors (Lipinski definition) is 1.